The topological polar surface area (TPSA) is 29.9 Å². The van der Waals surface area contributed by atoms with Gasteiger partial charge in [-0.05, 0) is 42.2 Å². The van der Waals surface area contributed by atoms with Crippen LogP contribution in [0.2, 0.25) is 0 Å². The Morgan fingerprint density at radius 2 is 2.06 bits per heavy atom. The summed E-state index contributed by atoms with van der Waals surface area (Å²) in [5.74, 6) is 0. The minimum Gasteiger partial charge on any atom is -0.309 e. The monoisotopic (exact) mass is 315 g/mol. The lowest BCUT2D eigenvalue weighted by Gasteiger charge is -2.20. The number of hydrogen-bond acceptors (Lipinski definition) is 2. The first-order valence-corrected chi connectivity index (χ1v) is 7.98. The van der Waals surface area contributed by atoms with Gasteiger partial charge in [-0.1, -0.05) is 33.1 Å². The summed E-state index contributed by atoms with van der Waals surface area (Å²) in [6, 6.07) is 0.424. The molecule has 1 N–H and O–H groups in total. The van der Waals surface area contributed by atoms with Crippen LogP contribution in [0.5, 0.6) is 0 Å². The molecule has 0 aliphatic heterocycles. The van der Waals surface area contributed by atoms with Gasteiger partial charge in [0.15, 0.2) is 0 Å². The molecule has 0 spiro atoms. The number of nitrogens with zero attached hydrogens (tertiary/aromatic N) is 2. The van der Waals surface area contributed by atoms with Gasteiger partial charge in [-0.15, -0.1) is 0 Å². The van der Waals surface area contributed by atoms with E-state index in [9.17, 15) is 0 Å². The van der Waals surface area contributed by atoms with Gasteiger partial charge >= 0.3 is 0 Å². The van der Waals surface area contributed by atoms with E-state index in [1.807, 2.05) is 6.20 Å². The molecule has 1 rings (SSSR count). The minimum absolute atomic E-state index is 0.424. The third kappa shape index (κ3) is 4.39. The van der Waals surface area contributed by atoms with Gasteiger partial charge in [0, 0.05) is 6.54 Å². The van der Waals surface area contributed by atoms with Crippen molar-refractivity contribution in [2.45, 2.75) is 65.5 Å². The molecule has 0 saturated carbocycles. The van der Waals surface area contributed by atoms with Crippen LogP contribution < -0.4 is 5.32 Å². The highest BCUT2D eigenvalue weighted by molar-refractivity contribution is 9.10. The van der Waals surface area contributed by atoms with Gasteiger partial charge in [0.2, 0.25) is 0 Å². The Morgan fingerprint density at radius 3 is 2.67 bits per heavy atom. The second-order valence-electron chi connectivity index (χ2n) is 4.70. The summed E-state index contributed by atoms with van der Waals surface area (Å²) in [6.45, 7) is 8.60. The van der Waals surface area contributed by atoms with Gasteiger partial charge in [-0.2, -0.15) is 5.10 Å². The average molecular weight is 316 g/mol. The average Bonchev–Trinajstić information content (AvgIpc) is 2.75. The molecule has 1 aromatic rings. The van der Waals surface area contributed by atoms with Crippen LogP contribution in [0.15, 0.2) is 10.7 Å². The molecule has 0 saturated heterocycles. The molecular formula is C14H26BrN3. The largest absolute Gasteiger partial charge is 0.309 e. The Balaban J connectivity index is 2.75. The SMILES string of the molecule is CCCCCC(NCCC)c1c(Br)cnn1CC. The molecule has 1 unspecified atom stereocenters. The van der Waals surface area contributed by atoms with E-state index in [1.165, 1.54) is 37.8 Å². The standard InChI is InChI=1S/C14H26BrN3/c1-4-7-8-9-13(16-10-5-2)14-12(15)11-17-18(14)6-3/h11,13,16H,4-10H2,1-3H3. The van der Waals surface area contributed by atoms with E-state index < -0.39 is 0 Å². The van der Waals surface area contributed by atoms with Gasteiger partial charge in [-0.3, -0.25) is 4.68 Å². The molecule has 18 heavy (non-hydrogen) atoms. The van der Waals surface area contributed by atoms with E-state index in [0.29, 0.717) is 6.04 Å². The Hall–Kier alpha value is -0.350. The Morgan fingerprint density at radius 1 is 1.28 bits per heavy atom. The van der Waals surface area contributed by atoms with Crippen molar-refractivity contribution in [3.63, 3.8) is 0 Å². The summed E-state index contributed by atoms with van der Waals surface area (Å²) in [5, 5.41) is 8.08. The van der Waals surface area contributed by atoms with Crippen LogP contribution in [0, 0.1) is 0 Å². The Kier molecular flexibility index (Phi) is 7.59. The van der Waals surface area contributed by atoms with E-state index in [1.54, 1.807) is 0 Å². The molecule has 0 amide bonds. The molecule has 0 aromatic carbocycles. The fourth-order valence-corrected chi connectivity index (χ4v) is 2.80. The molecule has 3 nitrogen and oxygen atoms in total. The second-order valence-corrected chi connectivity index (χ2v) is 5.55. The normalized spacial score (nSPS) is 12.9. The summed E-state index contributed by atoms with van der Waals surface area (Å²) in [5.41, 5.74) is 1.31. The summed E-state index contributed by atoms with van der Waals surface area (Å²) in [6.07, 6.45) is 8.13. The highest BCUT2D eigenvalue weighted by atomic mass is 79.9. The molecule has 4 heteroatoms. The van der Waals surface area contributed by atoms with E-state index in [4.69, 9.17) is 0 Å². The smallest absolute Gasteiger partial charge is 0.0695 e. The maximum atomic E-state index is 4.42. The predicted octanol–water partition coefficient (Wildman–Crippen LogP) is 4.29. The van der Waals surface area contributed by atoms with Crippen molar-refractivity contribution < 1.29 is 0 Å². The molecule has 0 aliphatic rings. The van der Waals surface area contributed by atoms with Gasteiger partial charge < -0.3 is 5.32 Å². The van der Waals surface area contributed by atoms with Crippen LogP contribution in [-0.2, 0) is 6.54 Å². The third-order valence-electron chi connectivity index (χ3n) is 3.20. The van der Waals surface area contributed by atoms with Crippen LogP contribution in [-0.4, -0.2) is 16.3 Å². The molecule has 0 fully saturated rings. The molecule has 1 atom stereocenters. The first-order valence-electron chi connectivity index (χ1n) is 7.19. The summed E-state index contributed by atoms with van der Waals surface area (Å²) in [4.78, 5) is 0. The number of hydrogen-bond donors (Lipinski definition) is 1. The molecule has 0 radical (unpaired) electrons. The van der Waals surface area contributed by atoms with Gasteiger partial charge in [0.25, 0.3) is 0 Å². The predicted molar refractivity (Wildman–Crippen MR) is 80.8 cm³/mol. The van der Waals surface area contributed by atoms with Gasteiger partial charge in [0.05, 0.1) is 22.4 Å². The summed E-state index contributed by atoms with van der Waals surface area (Å²) >= 11 is 3.64. The van der Waals surface area contributed by atoms with Crippen molar-refractivity contribution in [2.24, 2.45) is 0 Å². The van der Waals surface area contributed by atoms with Crippen molar-refractivity contribution in [3.8, 4) is 0 Å². The quantitative estimate of drug-likeness (QED) is 0.689. The van der Waals surface area contributed by atoms with Crippen LogP contribution in [0.1, 0.15) is 64.6 Å². The number of rotatable bonds is 9. The van der Waals surface area contributed by atoms with Crippen molar-refractivity contribution >= 4 is 15.9 Å². The lowest BCUT2D eigenvalue weighted by atomic mass is 10.1. The molecular weight excluding hydrogens is 290 g/mol. The van der Waals surface area contributed by atoms with E-state index in [-0.39, 0.29) is 0 Å². The molecule has 0 aliphatic carbocycles. The highest BCUT2D eigenvalue weighted by Gasteiger charge is 2.18. The first kappa shape index (κ1) is 15.7. The van der Waals surface area contributed by atoms with Crippen molar-refractivity contribution in [3.05, 3.63) is 16.4 Å². The second kappa shape index (κ2) is 8.70. The van der Waals surface area contributed by atoms with Crippen molar-refractivity contribution in [1.29, 1.82) is 0 Å². The fraction of sp³-hybridized carbons (Fsp3) is 0.786. The van der Waals surface area contributed by atoms with Crippen molar-refractivity contribution in [2.75, 3.05) is 6.54 Å². The van der Waals surface area contributed by atoms with E-state index in [2.05, 4.69) is 51.8 Å². The molecule has 1 aromatic heterocycles. The maximum absolute atomic E-state index is 4.42. The number of halogens is 1. The molecule has 0 bridgehead atoms. The van der Waals surface area contributed by atoms with E-state index in [0.717, 1.165) is 17.6 Å². The lowest BCUT2D eigenvalue weighted by Crippen LogP contribution is -2.25. The van der Waals surface area contributed by atoms with Gasteiger partial charge in [0.1, 0.15) is 0 Å². The highest BCUT2D eigenvalue weighted by Crippen LogP contribution is 2.27. The zero-order chi connectivity index (χ0) is 13.4. The maximum Gasteiger partial charge on any atom is 0.0695 e. The number of aryl methyl sites for hydroxylation is 1. The molecule has 1 heterocycles. The van der Waals surface area contributed by atoms with Crippen molar-refractivity contribution in [1.82, 2.24) is 15.1 Å². The van der Waals surface area contributed by atoms with Gasteiger partial charge in [-0.25, -0.2) is 0 Å². The minimum atomic E-state index is 0.424. The summed E-state index contributed by atoms with van der Waals surface area (Å²) in [7, 11) is 0. The fourth-order valence-electron chi connectivity index (χ4n) is 2.22. The third-order valence-corrected chi connectivity index (χ3v) is 3.81. The number of unbranched alkanes of at least 4 members (excludes halogenated alkanes) is 2. The zero-order valence-corrected chi connectivity index (χ0v) is 13.5. The number of nitrogens with one attached hydrogen (secondary N) is 1. The first-order chi connectivity index (χ1) is 8.74. The number of aromatic nitrogens is 2. The van der Waals surface area contributed by atoms with Crippen LogP contribution in [0.4, 0.5) is 0 Å². The Labute approximate surface area is 119 Å². The zero-order valence-electron chi connectivity index (χ0n) is 11.9. The van der Waals surface area contributed by atoms with Crippen LogP contribution in [0.3, 0.4) is 0 Å². The van der Waals surface area contributed by atoms with Crippen LogP contribution in [0.25, 0.3) is 0 Å². The summed E-state index contributed by atoms with van der Waals surface area (Å²) < 4.78 is 3.23. The lowest BCUT2D eigenvalue weighted by molar-refractivity contribution is 0.438. The Bertz CT molecular complexity index is 336. The van der Waals surface area contributed by atoms with E-state index >= 15 is 0 Å². The molecule has 104 valence electrons. The van der Waals surface area contributed by atoms with Crippen LogP contribution >= 0.6 is 15.9 Å².